The quantitative estimate of drug-likeness (QED) is 0.735. The normalized spacial score (nSPS) is 11.1. The number of carbonyl (C=O) groups is 1. The number of nitrogen functional groups attached to an aromatic ring is 1. The number of urea groups is 1. The Kier molecular flexibility index (Phi) is 4.22. The topological polar surface area (TPSA) is 67.1 Å². The molecule has 94 valence electrons. The molecular weight excluding hydrogens is 303 g/mol. The Morgan fingerprint density at radius 2 is 2.06 bits per heavy atom. The molecule has 1 aromatic carbocycles. The van der Waals surface area contributed by atoms with Crippen molar-refractivity contribution in [2.45, 2.75) is 6.18 Å². The molecular formula is C9H9BrF3N3O. The molecule has 0 heterocycles. The molecule has 2 amide bonds. The van der Waals surface area contributed by atoms with Crippen LogP contribution in [0.4, 0.5) is 29.3 Å². The van der Waals surface area contributed by atoms with Crippen molar-refractivity contribution in [3.05, 3.63) is 22.7 Å². The average molecular weight is 312 g/mol. The van der Waals surface area contributed by atoms with Crippen LogP contribution in [-0.2, 0) is 0 Å². The minimum Gasteiger partial charge on any atom is -0.398 e. The van der Waals surface area contributed by atoms with E-state index in [1.165, 1.54) is 12.1 Å². The molecule has 4 N–H and O–H groups in total. The van der Waals surface area contributed by atoms with E-state index in [1.807, 2.05) is 0 Å². The van der Waals surface area contributed by atoms with Crippen molar-refractivity contribution in [2.75, 3.05) is 17.6 Å². The predicted molar refractivity (Wildman–Crippen MR) is 61.6 cm³/mol. The maximum Gasteiger partial charge on any atom is 0.405 e. The smallest absolute Gasteiger partial charge is 0.398 e. The molecule has 0 fully saturated rings. The van der Waals surface area contributed by atoms with Gasteiger partial charge in [-0.25, -0.2) is 4.79 Å². The Morgan fingerprint density at radius 1 is 1.41 bits per heavy atom. The highest BCUT2D eigenvalue weighted by atomic mass is 79.9. The summed E-state index contributed by atoms with van der Waals surface area (Å²) in [6, 6.07) is 3.57. The molecule has 0 spiro atoms. The van der Waals surface area contributed by atoms with Crippen molar-refractivity contribution in [1.29, 1.82) is 0 Å². The van der Waals surface area contributed by atoms with Gasteiger partial charge in [-0.2, -0.15) is 13.2 Å². The molecule has 8 heteroatoms. The van der Waals surface area contributed by atoms with E-state index in [-0.39, 0.29) is 0 Å². The number of carbonyl (C=O) groups excluding carboxylic acids is 1. The third-order valence-electron chi connectivity index (χ3n) is 1.70. The van der Waals surface area contributed by atoms with Crippen molar-refractivity contribution in [2.24, 2.45) is 0 Å². The van der Waals surface area contributed by atoms with E-state index >= 15 is 0 Å². The lowest BCUT2D eigenvalue weighted by atomic mass is 10.3. The summed E-state index contributed by atoms with van der Waals surface area (Å²) in [7, 11) is 0. The van der Waals surface area contributed by atoms with Crippen molar-refractivity contribution in [3.8, 4) is 0 Å². The molecule has 1 rings (SSSR count). The fourth-order valence-electron chi connectivity index (χ4n) is 0.977. The zero-order valence-corrected chi connectivity index (χ0v) is 10.0. The summed E-state index contributed by atoms with van der Waals surface area (Å²) >= 11 is 3.15. The van der Waals surface area contributed by atoms with E-state index in [0.29, 0.717) is 15.8 Å². The van der Waals surface area contributed by atoms with Gasteiger partial charge in [0.2, 0.25) is 0 Å². The molecule has 0 aliphatic carbocycles. The summed E-state index contributed by atoms with van der Waals surface area (Å²) in [6.45, 7) is -1.38. The molecule has 17 heavy (non-hydrogen) atoms. The largest absolute Gasteiger partial charge is 0.405 e. The standard InChI is InChI=1S/C9H9BrF3N3O/c10-6-2-1-5(3-7(6)14)16-8(17)15-4-9(11,12)13/h1-3H,4,14H2,(H2,15,16,17). The highest BCUT2D eigenvalue weighted by Gasteiger charge is 2.27. The van der Waals surface area contributed by atoms with Crippen LogP contribution in [-0.4, -0.2) is 18.8 Å². The summed E-state index contributed by atoms with van der Waals surface area (Å²) in [5.74, 6) is 0. The molecule has 0 aliphatic rings. The number of rotatable bonds is 2. The van der Waals surface area contributed by atoms with Gasteiger partial charge in [0.25, 0.3) is 0 Å². The minimum atomic E-state index is -4.43. The van der Waals surface area contributed by atoms with E-state index in [4.69, 9.17) is 5.73 Å². The highest BCUT2D eigenvalue weighted by molar-refractivity contribution is 9.10. The van der Waals surface area contributed by atoms with Crippen LogP contribution in [0.1, 0.15) is 0 Å². The number of benzene rings is 1. The molecule has 0 saturated heterocycles. The zero-order valence-electron chi connectivity index (χ0n) is 8.44. The average Bonchev–Trinajstić information content (AvgIpc) is 2.20. The van der Waals surface area contributed by atoms with Crippen LogP contribution in [0.25, 0.3) is 0 Å². The van der Waals surface area contributed by atoms with Gasteiger partial charge in [-0.15, -0.1) is 0 Å². The third-order valence-corrected chi connectivity index (χ3v) is 2.43. The number of amides is 2. The van der Waals surface area contributed by atoms with E-state index in [9.17, 15) is 18.0 Å². The van der Waals surface area contributed by atoms with Crippen LogP contribution in [0.5, 0.6) is 0 Å². The lowest BCUT2D eigenvalue weighted by Gasteiger charge is -2.10. The lowest BCUT2D eigenvalue weighted by molar-refractivity contribution is -0.122. The highest BCUT2D eigenvalue weighted by Crippen LogP contribution is 2.22. The van der Waals surface area contributed by atoms with Gasteiger partial charge < -0.3 is 16.4 Å². The Balaban J connectivity index is 2.54. The summed E-state index contributed by atoms with van der Waals surface area (Å²) in [5.41, 5.74) is 6.23. The van der Waals surface area contributed by atoms with Gasteiger partial charge in [-0.3, -0.25) is 0 Å². The van der Waals surface area contributed by atoms with Crippen LogP contribution in [0.15, 0.2) is 22.7 Å². The molecule has 0 aromatic heterocycles. The van der Waals surface area contributed by atoms with Crippen LogP contribution in [0.2, 0.25) is 0 Å². The number of nitrogens with one attached hydrogen (secondary N) is 2. The van der Waals surface area contributed by atoms with Gasteiger partial charge >= 0.3 is 12.2 Å². The molecule has 0 unspecified atom stereocenters. The Labute approximate surface area is 103 Å². The maximum absolute atomic E-state index is 11.8. The Hall–Kier alpha value is -1.44. The molecule has 4 nitrogen and oxygen atoms in total. The molecule has 1 aromatic rings. The summed E-state index contributed by atoms with van der Waals surface area (Å²) < 4.78 is 36.0. The molecule has 0 bridgehead atoms. The third kappa shape index (κ3) is 4.94. The second-order valence-corrected chi connectivity index (χ2v) is 4.01. The van der Waals surface area contributed by atoms with Crippen molar-refractivity contribution < 1.29 is 18.0 Å². The first-order valence-electron chi connectivity index (χ1n) is 4.44. The maximum atomic E-state index is 11.8. The van der Waals surface area contributed by atoms with Crippen LogP contribution >= 0.6 is 15.9 Å². The molecule has 0 aliphatic heterocycles. The van der Waals surface area contributed by atoms with Gasteiger partial charge in [0.05, 0.1) is 0 Å². The molecule has 0 atom stereocenters. The number of nitrogens with two attached hydrogens (primary N) is 1. The SMILES string of the molecule is Nc1cc(NC(=O)NCC(F)(F)F)ccc1Br. The Bertz CT molecular complexity index is 422. The van der Waals surface area contributed by atoms with Crippen molar-refractivity contribution in [1.82, 2.24) is 5.32 Å². The second kappa shape index (κ2) is 5.26. The van der Waals surface area contributed by atoms with E-state index in [1.54, 1.807) is 11.4 Å². The van der Waals surface area contributed by atoms with Gasteiger partial charge in [0.1, 0.15) is 6.54 Å². The predicted octanol–water partition coefficient (Wildman–Crippen LogP) is 2.72. The van der Waals surface area contributed by atoms with Crippen LogP contribution in [0.3, 0.4) is 0 Å². The van der Waals surface area contributed by atoms with Gasteiger partial charge in [-0.1, -0.05) is 0 Å². The zero-order chi connectivity index (χ0) is 13.1. The lowest BCUT2D eigenvalue weighted by Crippen LogP contribution is -2.36. The minimum absolute atomic E-state index is 0.311. The monoisotopic (exact) mass is 311 g/mol. The van der Waals surface area contributed by atoms with Gasteiger partial charge in [-0.05, 0) is 34.1 Å². The number of halogens is 4. The van der Waals surface area contributed by atoms with E-state index in [0.717, 1.165) is 0 Å². The number of hydrogen-bond acceptors (Lipinski definition) is 2. The first-order valence-corrected chi connectivity index (χ1v) is 5.24. The van der Waals surface area contributed by atoms with Gasteiger partial charge in [0.15, 0.2) is 0 Å². The molecule has 0 radical (unpaired) electrons. The van der Waals surface area contributed by atoms with Crippen molar-refractivity contribution in [3.63, 3.8) is 0 Å². The van der Waals surface area contributed by atoms with E-state index < -0.39 is 18.8 Å². The second-order valence-electron chi connectivity index (χ2n) is 3.16. The first-order chi connectivity index (χ1) is 7.78. The van der Waals surface area contributed by atoms with Gasteiger partial charge in [0, 0.05) is 15.8 Å². The number of hydrogen-bond donors (Lipinski definition) is 3. The number of alkyl halides is 3. The van der Waals surface area contributed by atoms with Crippen LogP contribution < -0.4 is 16.4 Å². The summed E-state index contributed by atoms with van der Waals surface area (Å²) in [5, 5.41) is 3.91. The fourth-order valence-corrected chi connectivity index (χ4v) is 1.22. The number of anilines is 2. The van der Waals surface area contributed by atoms with E-state index in [2.05, 4.69) is 21.2 Å². The van der Waals surface area contributed by atoms with Crippen LogP contribution in [0, 0.1) is 0 Å². The van der Waals surface area contributed by atoms with Crippen molar-refractivity contribution >= 4 is 33.3 Å². The fraction of sp³-hybridized carbons (Fsp3) is 0.222. The summed E-state index contributed by atoms with van der Waals surface area (Å²) in [6.07, 6.45) is -4.43. The Morgan fingerprint density at radius 3 is 2.59 bits per heavy atom. The molecule has 0 saturated carbocycles. The summed E-state index contributed by atoms with van der Waals surface area (Å²) in [4.78, 5) is 11.1. The first kappa shape index (κ1) is 13.6.